The molecule has 104 valence electrons. The van der Waals surface area contributed by atoms with E-state index >= 15 is 0 Å². The Kier molecular flexibility index (Phi) is 6.68. The summed E-state index contributed by atoms with van der Waals surface area (Å²) < 4.78 is 11.0. The smallest absolute Gasteiger partial charge is 0.328 e. The van der Waals surface area contributed by atoms with Gasteiger partial charge in [-0.25, -0.2) is 4.79 Å². The molecule has 0 aliphatic rings. The summed E-state index contributed by atoms with van der Waals surface area (Å²) in [4.78, 5) is 10.4. The Labute approximate surface area is 113 Å². The zero-order valence-electron chi connectivity index (χ0n) is 11.3. The lowest BCUT2D eigenvalue weighted by molar-refractivity contribution is -0.131. The summed E-state index contributed by atoms with van der Waals surface area (Å²) in [7, 11) is 0. The molecule has 1 N–H and O–H groups in total. The first kappa shape index (κ1) is 15.2. The normalized spacial score (nSPS) is 12.5. The Morgan fingerprint density at radius 1 is 1.42 bits per heavy atom. The van der Waals surface area contributed by atoms with E-state index in [9.17, 15) is 4.79 Å². The highest BCUT2D eigenvalue weighted by Crippen LogP contribution is 2.14. The van der Waals surface area contributed by atoms with Gasteiger partial charge < -0.3 is 14.6 Å². The molecule has 1 rings (SSSR count). The maximum absolute atomic E-state index is 10.4. The summed E-state index contributed by atoms with van der Waals surface area (Å²) in [5, 5.41) is 8.56. The molecule has 0 aliphatic carbocycles. The molecule has 0 radical (unpaired) electrons. The first-order valence-corrected chi connectivity index (χ1v) is 6.37. The third-order valence-corrected chi connectivity index (χ3v) is 2.61. The molecule has 0 aliphatic heterocycles. The van der Waals surface area contributed by atoms with Crippen molar-refractivity contribution in [3.05, 3.63) is 35.9 Å². The number of ether oxygens (including phenoxy) is 2. The van der Waals surface area contributed by atoms with Crippen molar-refractivity contribution in [2.45, 2.75) is 26.4 Å². The first-order valence-electron chi connectivity index (χ1n) is 6.37. The van der Waals surface area contributed by atoms with Crippen LogP contribution in [0.5, 0.6) is 5.75 Å². The average molecular weight is 264 g/mol. The zero-order valence-corrected chi connectivity index (χ0v) is 11.3. The summed E-state index contributed by atoms with van der Waals surface area (Å²) in [6, 6.07) is 7.28. The molecule has 4 heteroatoms. The van der Waals surface area contributed by atoms with Crippen LogP contribution in [0, 0.1) is 0 Å². The van der Waals surface area contributed by atoms with E-state index in [-0.39, 0.29) is 6.10 Å². The molecule has 0 amide bonds. The number of rotatable bonds is 8. The first-order chi connectivity index (χ1) is 9.11. The van der Waals surface area contributed by atoms with Gasteiger partial charge in [0.15, 0.2) is 0 Å². The summed E-state index contributed by atoms with van der Waals surface area (Å²) >= 11 is 0. The van der Waals surface area contributed by atoms with Crippen molar-refractivity contribution in [2.24, 2.45) is 0 Å². The van der Waals surface area contributed by atoms with Gasteiger partial charge in [-0.15, -0.1) is 0 Å². The molecule has 0 spiro atoms. The van der Waals surface area contributed by atoms with E-state index < -0.39 is 5.97 Å². The fourth-order valence-corrected chi connectivity index (χ4v) is 1.40. The minimum atomic E-state index is -0.965. The monoisotopic (exact) mass is 264 g/mol. The number of aliphatic carboxylic acids is 1. The summed E-state index contributed by atoms with van der Waals surface area (Å²) in [5.74, 6) is -0.256. The zero-order chi connectivity index (χ0) is 14.1. The second-order valence-corrected chi connectivity index (χ2v) is 4.18. The minimum absolute atomic E-state index is 0.244. The molecule has 1 atom stereocenters. The molecule has 0 saturated carbocycles. The van der Waals surface area contributed by atoms with Gasteiger partial charge in [0.05, 0.1) is 12.7 Å². The number of hydrogen-bond donors (Lipinski definition) is 1. The largest absolute Gasteiger partial charge is 0.491 e. The van der Waals surface area contributed by atoms with Gasteiger partial charge in [0.1, 0.15) is 12.4 Å². The van der Waals surface area contributed by atoms with E-state index in [0.717, 1.165) is 18.1 Å². The van der Waals surface area contributed by atoms with Crippen LogP contribution in [-0.4, -0.2) is 30.4 Å². The lowest BCUT2D eigenvalue weighted by Gasteiger charge is -2.11. The van der Waals surface area contributed by atoms with Crippen molar-refractivity contribution in [3.8, 4) is 5.75 Å². The highest BCUT2D eigenvalue weighted by atomic mass is 16.5. The summed E-state index contributed by atoms with van der Waals surface area (Å²) in [6.45, 7) is 5.13. The highest BCUT2D eigenvalue weighted by molar-refractivity contribution is 5.85. The molecule has 1 aromatic carbocycles. The third kappa shape index (κ3) is 6.62. The highest BCUT2D eigenvalue weighted by Gasteiger charge is 1.99. The van der Waals surface area contributed by atoms with Crippen molar-refractivity contribution in [1.29, 1.82) is 0 Å². The van der Waals surface area contributed by atoms with Crippen molar-refractivity contribution in [3.63, 3.8) is 0 Å². The quantitative estimate of drug-likeness (QED) is 0.579. The molecule has 0 bridgehead atoms. The molecule has 0 heterocycles. The fraction of sp³-hybridized carbons (Fsp3) is 0.400. The van der Waals surface area contributed by atoms with E-state index in [1.54, 1.807) is 6.07 Å². The Hall–Kier alpha value is -1.81. The van der Waals surface area contributed by atoms with E-state index in [1.807, 2.05) is 25.1 Å². The number of carboxylic acids is 1. The molecule has 0 fully saturated rings. The van der Waals surface area contributed by atoms with Crippen LogP contribution in [0.1, 0.15) is 25.8 Å². The molecule has 4 nitrogen and oxygen atoms in total. The Bertz CT molecular complexity index is 426. The second-order valence-electron chi connectivity index (χ2n) is 4.18. The van der Waals surface area contributed by atoms with Crippen LogP contribution in [-0.2, 0) is 9.53 Å². The van der Waals surface area contributed by atoms with Crippen molar-refractivity contribution in [2.75, 3.05) is 13.2 Å². The molecular weight excluding hydrogens is 244 g/mol. The Balaban J connectivity index is 2.42. The summed E-state index contributed by atoms with van der Waals surface area (Å²) in [5.41, 5.74) is 0.794. The number of carboxylic acid groups (broad SMARTS) is 1. The van der Waals surface area contributed by atoms with Gasteiger partial charge in [0.25, 0.3) is 0 Å². The predicted molar refractivity (Wildman–Crippen MR) is 74.3 cm³/mol. The van der Waals surface area contributed by atoms with Gasteiger partial charge in [0, 0.05) is 6.08 Å². The Morgan fingerprint density at radius 2 is 2.21 bits per heavy atom. The average Bonchev–Trinajstić information content (AvgIpc) is 2.41. The van der Waals surface area contributed by atoms with Gasteiger partial charge in [0.2, 0.25) is 0 Å². The number of carbonyl (C=O) groups is 1. The lowest BCUT2D eigenvalue weighted by atomic mass is 10.2. The van der Waals surface area contributed by atoms with Crippen LogP contribution in [0.4, 0.5) is 0 Å². The van der Waals surface area contributed by atoms with Gasteiger partial charge in [-0.1, -0.05) is 19.1 Å². The predicted octanol–water partition coefficient (Wildman–Crippen LogP) is 2.98. The van der Waals surface area contributed by atoms with Crippen LogP contribution in [0.3, 0.4) is 0 Å². The molecule has 1 aromatic rings. The van der Waals surface area contributed by atoms with Gasteiger partial charge in [-0.05, 0) is 37.1 Å². The maximum Gasteiger partial charge on any atom is 0.328 e. The molecular formula is C15H20O4. The minimum Gasteiger partial charge on any atom is -0.491 e. The van der Waals surface area contributed by atoms with Gasteiger partial charge >= 0.3 is 5.97 Å². The number of hydrogen-bond acceptors (Lipinski definition) is 3. The van der Waals surface area contributed by atoms with Crippen molar-refractivity contribution < 1.29 is 19.4 Å². The van der Waals surface area contributed by atoms with E-state index in [1.165, 1.54) is 6.08 Å². The van der Waals surface area contributed by atoms with Crippen LogP contribution < -0.4 is 4.74 Å². The van der Waals surface area contributed by atoms with E-state index in [4.69, 9.17) is 14.6 Å². The Morgan fingerprint density at radius 3 is 2.89 bits per heavy atom. The molecule has 1 unspecified atom stereocenters. The lowest BCUT2D eigenvalue weighted by Crippen LogP contribution is -2.13. The van der Waals surface area contributed by atoms with Gasteiger partial charge in [-0.2, -0.15) is 0 Å². The van der Waals surface area contributed by atoms with Gasteiger partial charge in [-0.3, -0.25) is 0 Å². The standard InChI is InChI=1S/C15H20O4/c1-3-12(2)18-9-10-19-14-6-4-5-13(11-14)7-8-15(16)17/h4-8,11-12H,3,9-10H2,1-2H3,(H,16,17). The fourth-order valence-electron chi connectivity index (χ4n) is 1.40. The molecule has 0 saturated heterocycles. The molecule has 19 heavy (non-hydrogen) atoms. The van der Waals surface area contributed by atoms with Crippen molar-refractivity contribution >= 4 is 12.0 Å². The summed E-state index contributed by atoms with van der Waals surface area (Å²) in [6.07, 6.45) is 3.86. The van der Waals surface area contributed by atoms with E-state index in [2.05, 4.69) is 6.92 Å². The molecule has 0 aromatic heterocycles. The second kappa shape index (κ2) is 8.32. The van der Waals surface area contributed by atoms with Crippen LogP contribution >= 0.6 is 0 Å². The number of benzene rings is 1. The SMILES string of the molecule is CCC(C)OCCOc1cccc(C=CC(=O)O)c1. The van der Waals surface area contributed by atoms with Crippen LogP contribution in [0.25, 0.3) is 6.08 Å². The van der Waals surface area contributed by atoms with E-state index in [0.29, 0.717) is 19.0 Å². The maximum atomic E-state index is 10.4. The van der Waals surface area contributed by atoms with Crippen LogP contribution in [0.15, 0.2) is 30.3 Å². The third-order valence-electron chi connectivity index (χ3n) is 2.61. The topological polar surface area (TPSA) is 55.8 Å². The van der Waals surface area contributed by atoms with Crippen molar-refractivity contribution in [1.82, 2.24) is 0 Å². The van der Waals surface area contributed by atoms with Crippen LogP contribution in [0.2, 0.25) is 0 Å².